The molecule has 3 saturated carbocycles. The normalized spacial score (nSPS) is 36.0. The zero-order chi connectivity index (χ0) is 50.9. The molecule has 6 N–H and O–H groups in total. The SMILES string of the molecule is COC(=O)/C(C)=C\CC1(O)C(=O)C2CC(C(C)C)C13Oc1c(CC=C(C)C)c4c(c(O[C@@H]5O[C@H](CO)[C@@H](O)[C@H](O)[C@H]5O)c1C15NCCN1C1=C(C(=O)c6ccccc61)C2C53)C=CC(C)(CCC=C(C)C)O4. The van der Waals surface area contributed by atoms with E-state index in [0.717, 1.165) is 11.1 Å². The van der Waals surface area contributed by atoms with Crippen molar-refractivity contribution in [2.75, 3.05) is 26.8 Å². The monoisotopic (exact) mass is 976 g/mol. The highest BCUT2D eigenvalue weighted by atomic mass is 16.7. The lowest BCUT2D eigenvalue weighted by Gasteiger charge is -2.73. The highest BCUT2D eigenvalue weighted by molar-refractivity contribution is 6.21. The minimum atomic E-state index is -2.28. The molecule has 5 aliphatic heterocycles. The second kappa shape index (κ2) is 17.5. The fourth-order valence-electron chi connectivity index (χ4n) is 13.7. The van der Waals surface area contributed by atoms with E-state index in [4.69, 9.17) is 23.7 Å². The summed E-state index contributed by atoms with van der Waals surface area (Å²) in [5.41, 5.74) is -0.0944. The van der Waals surface area contributed by atoms with Crippen LogP contribution in [-0.4, -0.2) is 122 Å². The molecule has 5 fully saturated rings. The molecule has 15 nitrogen and oxygen atoms in total. The Morgan fingerprint density at radius 1 is 0.972 bits per heavy atom. The van der Waals surface area contributed by atoms with Crippen molar-refractivity contribution >= 4 is 29.3 Å². The Hall–Kier alpha value is -5.13. The van der Waals surface area contributed by atoms with Crippen LogP contribution in [0.15, 0.2) is 70.9 Å². The lowest BCUT2D eigenvalue weighted by molar-refractivity contribution is -0.289. The molecule has 13 atom stereocenters. The second-order valence-corrected chi connectivity index (χ2v) is 22.0. The number of aliphatic hydroxyl groups is 5. The van der Waals surface area contributed by atoms with E-state index in [1.807, 2.05) is 71.0 Å². The van der Waals surface area contributed by atoms with Crippen molar-refractivity contribution < 1.29 is 63.6 Å². The standard InChI is InChI=1S/C56H68N2O13/c1-27(2)13-12-20-53(8)21-19-34-46(70-53)33(17-16-28(3)4)48-40(47(34)69-52-45(63)44(62)43(61)37(26-59)68-52)56-49-38(39-41(58(56)24-23-57-56)31-14-10-11-15-32(31)42(39)60)35-25-36(29(5)6)55(49,71-48)54(66,50(35)64)22-18-30(7)51(65)67-9/h10-11,13-16,18-19,21,29,35-38,43-45,49,52,57,59,61-63,66H,12,17,20,22-26H2,1-9H3/b30-18-/t35?,36?,37-,38?,43-,44+,45-,49?,52+,53?,54?,55?,56?/m1/s1. The molecule has 5 heterocycles. The number of rotatable bonds is 12. The van der Waals surface area contributed by atoms with Gasteiger partial charge in [-0.25, -0.2) is 4.79 Å². The summed E-state index contributed by atoms with van der Waals surface area (Å²) in [5.74, 6) is -3.71. The number of ketones is 2. The first-order valence-corrected chi connectivity index (χ1v) is 25.2. The third-order valence-corrected chi connectivity index (χ3v) is 16.9. The maximum Gasteiger partial charge on any atom is 0.333 e. The van der Waals surface area contributed by atoms with Crippen LogP contribution < -0.4 is 19.5 Å². The number of Topliss-reactive ketones (excluding diaryl/α,β-unsaturated/α-hetero) is 2. The van der Waals surface area contributed by atoms with Crippen LogP contribution in [0.3, 0.4) is 0 Å². The number of allylic oxidation sites excluding steroid dienone is 5. The average molecular weight is 977 g/mol. The average Bonchev–Trinajstić information content (AvgIpc) is 3.90. The van der Waals surface area contributed by atoms with Gasteiger partial charge in [-0.3, -0.25) is 14.9 Å². The zero-order valence-corrected chi connectivity index (χ0v) is 42.1. The van der Waals surface area contributed by atoms with Gasteiger partial charge in [-0.1, -0.05) is 67.5 Å². The first-order valence-electron chi connectivity index (χ1n) is 25.2. The van der Waals surface area contributed by atoms with Gasteiger partial charge in [0.1, 0.15) is 52.9 Å². The molecule has 15 heteroatoms. The molecule has 11 rings (SSSR count). The smallest absolute Gasteiger partial charge is 0.333 e. The topological polar surface area (TPSA) is 214 Å². The number of nitrogens with zero attached hydrogens (tertiary/aromatic N) is 1. The summed E-state index contributed by atoms with van der Waals surface area (Å²) >= 11 is 0. The van der Waals surface area contributed by atoms with Crippen LogP contribution in [0, 0.1) is 29.6 Å². The van der Waals surface area contributed by atoms with Gasteiger partial charge in [0.2, 0.25) is 6.29 Å². The van der Waals surface area contributed by atoms with Gasteiger partial charge in [0, 0.05) is 65.1 Å². The lowest BCUT2D eigenvalue weighted by atomic mass is 9.38. The van der Waals surface area contributed by atoms with Gasteiger partial charge in [-0.15, -0.1) is 0 Å². The third-order valence-electron chi connectivity index (χ3n) is 16.9. The molecule has 0 amide bonds. The largest absolute Gasteiger partial charge is 0.482 e. The Morgan fingerprint density at radius 2 is 1.69 bits per heavy atom. The van der Waals surface area contributed by atoms with E-state index < -0.39 is 95.2 Å². The first kappa shape index (κ1) is 49.4. The molecule has 4 aliphatic carbocycles. The Balaban J connectivity index is 1.35. The number of benzene rings is 2. The highest BCUT2D eigenvalue weighted by Gasteiger charge is 2.84. The van der Waals surface area contributed by atoms with Crippen LogP contribution in [0.2, 0.25) is 0 Å². The number of carbonyl (C=O) groups excluding carboxylic acids is 3. The first-order chi connectivity index (χ1) is 33.7. The van der Waals surface area contributed by atoms with Gasteiger partial charge >= 0.3 is 5.97 Å². The van der Waals surface area contributed by atoms with Crippen LogP contribution in [-0.2, 0) is 31.1 Å². The van der Waals surface area contributed by atoms with Gasteiger partial charge < -0.3 is 54.1 Å². The summed E-state index contributed by atoms with van der Waals surface area (Å²) < 4.78 is 33.5. The second-order valence-electron chi connectivity index (χ2n) is 22.0. The predicted molar refractivity (Wildman–Crippen MR) is 262 cm³/mol. The molecule has 2 aromatic carbocycles. The fourth-order valence-corrected chi connectivity index (χ4v) is 13.7. The quantitative estimate of drug-likeness (QED) is 0.0888. The highest BCUT2D eigenvalue weighted by Crippen LogP contribution is 2.75. The fraction of sp³-hybridized carbons (Fsp3) is 0.554. The van der Waals surface area contributed by atoms with Crippen molar-refractivity contribution in [3.63, 3.8) is 0 Å². The molecule has 8 unspecified atom stereocenters. The van der Waals surface area contributed by atoms with Crippen molar-refractivity contribution in [3.8, 4) is 17.2 Å². The predicted octanol–water partition coefficient (Wildman–Crippen LogP) is 5.44. The Bertz CT molecular complexity index is 2750. The maximum absolute atomic E-state index is 15.9. The number of nitrogens with one attached hydrogen (secondary N) is 1. The number of esters is 1. The minimum Gasteiger partial charge on any atom is -0.482 e. The summed E-state index contributed by atoms with van der Waals surface area (Å²) in [6, 6.07) is 7.46. The van der Waals surface area contributed by atoms with Crippen molar-refractivity contribution in [2.24, 2.45) is 29.6 Å². The van der Waals surface area contributed by atoms with Gasteiger partial charge in [0.25, 0.3) is 0 Å². The number of fused-ring (bicyclic) bond motifs is 7. The van der Waals surface area contributed by atoms with Gasteiger partial charge in [-0.2, -0.15) is 0 Å². The molecule has 9 aliphatic rings. The number of carbonyl (C=O) groups is 3. The van der Waals surface area contributed by atoms with E-state index >= 15 is 9.59 Å². The van der Waals surface area contributed by atoms with E-state index in [2.05, 4.69) is 36.2 Å². The van der Waals surface area contributed by atoms with Crippen LogP contribution >= 0.6 is 0 Å². The van der Waals surface area contributed by atoms with Crippen molar-refractivity contribution in [1.82, 2.24) is 10.2 Å². The molecule has 2 aromatic rings. The van der Waals surface area contributed by atoms with Gasteiger partial charge in [0.05, 0.1) is 36.5 Å². The van der Waals surface area contributed by atoms with Gasteiger partial charge in [-0.05, 0) is 85.3 Å². The van der Waals surface area contributed by atoms with Crippen molar-refractivity contribution in [2.45, 2.75) is 141 Å². The summed E-state index contributed by atoms with van der Waals surface area (Å²) in [6.45, 7) is 15.8. The molecule has 0 aromatic heterocycles. The Morgan fingerprint density at radius 3 is 2.37 bits per heavy atom. The molecule has 2 bridgehead atoms. The van der Waals surface area contributed by atoms with Crippen molar-refractivity contribution in [1.29, 1.82) is 0 Å². The molecule has 2 spiro atoms. The number of hydrogen-bond donors (Lipinski definition) is 6. The van der Waals surface area contributed by atoms with Crippen molar-refractivity contribution in [3.05, 3.63) is 98.7 Å². The molecular weight excluding hydrogens is 909 g/mol. The Labute approximate surface area is 414 Å². The molecule has 2 saturated heterocycles. The van der Waals surface area contributed by atoms with E-state index in [0.29, 0.717) is 77.2 Å². The van der Waals surface area contributed by atoms with Crippen LogP contribution in [0.1, 0.15) is 114 Å². The van der Waals surface area contributed by atoms with E-state index in [9.17, 15) is 30.3 Å². The minimum absolute atomic E-state index is 0.149. The summed E-state index contributed by atoms with van der Waals surface area (Å²) in [4.78, 5) is 46.3. The molecular formula is C56H68N2O13. The third kappa shape index (κ3) is 6.96. The lowest BCUT2D eigenvalue weighted by Crippen LogP contribution is -2.86. The summed E-state index contributed by atoms with van der Waals surface area (Å²) in [5, 5.41) is 62.3. The molecule has 380 valence electrons. The number of ether oxygens (including phenoxy) is 5. The number of methoxy groups -OCH3 is 1. The summed E-state index contributed by atoms with van der Waals surface area (Å²) in [7, 11) is 1.28. The zero-order valence-electron chi connectivity index (χ0n) is 42.1. The van der Waals surface area contributed by atoms with Crippen LogP contribution in [0.25, 0.3) is 11.8 Å². The number of aliphatic hydroxyl groups excluding tert-OH is 4. The van der Waals surface area contributed by atoms with E-state index in [1.54, 1.807) is 13.0 Å². The number of hydrogen-bond acceptors (Lipinski definition) is 15. The van der Waals surface area contributed by atoms with E-state index in [-0.39, 0.29) is 41.6 Å². The van der Waals surface area contributed by atoms with E-state index in [1.165, 1.54) is 7.11 Å². The van der Waals surface area contributed by atoms with Crippen LogP contribution in [0.5, 0.6) is 17.2 Å². The maximum atomic E-state index is 15.9. The van der Waals surface area contributed by atoms with Gasteiger partial charge in [0.15, 0.2) is 22.8 Å². The molecule has 0 radical (unpaired) electrons. The Kier molecular flexibility index (Phi) is 12.2. The van der Waals surface area contributed by atoms with Crippen LogP contribution in [0.4, 0.5) is 0 Å². The molecule has 71 heavy (non-hydrogen) atoms. The summed E-state index contributed by atoms with van der Waals surface area (Å²) in [6.07, 6.45) is 3.06.